The Balaban J connectivity index is 1.90. The third-order valence-corrected chi connectivity index (χ3v) is 5.75. The van der Waals surface area contributed by atoms with Crippen LogP contribution in [0.15, 0.2) is 35.2 Å². The van der Waals surface area contributed by atoms with Gasteiger partial charge in [0.2, 0.25) is 10.0 Å². The second-order valence-electron chi connectivity index (χ2n) is 6.24. The molecule has 1 aliphatic heterocycles. The summed E-state index contributed by atoms with van der Waals surface area (Å²) in [5, 5.41) is 2.09. The van der Waals surface area contributed by atoms with Gasteiger partial charge in [-0.3, -0.25) is 4.79 Å². The molecule has 1 fully saturated rings. The van der Waals surface area contributed by atoms with Crippen LogP contribution in [0.4, 0.5) is 18.9 Å². The zero-order valence-corrected chi connectivity index (χ0v) is 16.0. The van der Waals surface area contributed by atoms with Crippen LogP contribution in [0.25, 0.3) is 0 Å². The number of carbonyl (C=O) groups is 1. The molecule has 1 heterocycles. The maximum Gasteiger partial charge on any atom is 0.259 e. The molecule has 0 saturated carbocycles. The lowest BCUT2D eigenvalue weighted by atomic mass is 10.1. The van der Waals surface area contributed by atoms with Gasteiger partial charge in [-0.1, -0.05) is 0 Å². The van der Waals surface area contributed by atoms with Gasteiger partial charge in [0, 0.05) is 24.8 Å². The van der Waals surface area contributed by atoms with Crippen molar-refractivity contribution in [2.75, 3.05) is 25.6 Å². The molecule has 2 N–H and O–H groups in total. The van der Waals surface area contributed by atoms with Crippen molar-refractivity contribution in [3.8, 4) is 5.75 Å². The summed E-state index contributed by atoms with van der Waals surface area (Å²) in [5.74, 6) is -4.91. The molecule has 1 aliphatic rings. The minimum absolute atomic E-state index is 0.00800. The van der Waals surface area contributed by atoms with Gasteiger partial charge in [-0.2, -0.15) is 0 Å². The number of hydrogen-bond acceptors (Lipinski definition) is 5. The number of carbonyl (C=O) groups excluding carboxylic acids is 1. The van der Waals surface area contributed by atoms with Gasteiger partial charge in [-0.15, -0.1) is 0 Å². The second-order valence-corrected chi connectivity index (χ2v) is 7.96. The van der Waals surface area contributed by atoms with Crippen LogP contribution < -0.4 is 14.8 Å². The number of benzene rings is 2. The lowest BCUT2D eigenvalue weighted by Gasteiger charge is -2.14. The smallest absolute Gasteiger partial charge is 0.259 e. The van der Waals surface area contributed by atoms with Crippen molar-refractivity contribution in [1.29, 1.82) is 0 Å². The van der Waals surface area contributed by atoms with Gasteiger partial charge in [0.05, 0.1) is 29.9 Å². The average molecular weight is 430 g/mol. The summed E-state index contributed by atoms with van der Waals surface area (Å²) in [6, 6.07) is 3.93. The summed E-state index contributed by atoms with van der Waals surface area (Å²) in [4.78, 5) is 12.3. The van der Waals surface area contributed by atoms with Gasteiger partial charge in [-0.25, -0.2) is 26.3 Å². The molecule has 0 aliphatic carbocycles. The van der Waals surface area contributed by atoms with Gasteiger partial charge in [-0.05, 0) is 24.6 Å². The molecule has 0 spiro atoms. The zero-order valence-electron chi connectivity index (χ0n) is 15.2. The van der Waals surface area contributed by atoms with E-state index in [0.717, 1.165) is 6.07 Å². The molecule has 29 heavy (non-hydrogen) atoms. The number of rotatable bonds is 6. The Hall–Kier alpha value is -2.63. The quantitative estimate of drug-likeness (QED) is 0.687. The topological polar surface area (TPSA) is 93.7 Å². The molecule has 0 bridgehead atoms. The Labute approximate surface area is 164 Å². The molecule has 2 aromatic rings. The molecule has 7 nitrogen and oxygen atoms in total. The summed E-state index contributed by atoms with van der Waals surface area (Å²) >= 11 is 0. The molecular formula is C18H17F3N2O5S. The van der Waals surface area contributed by atoms with Crippen LogP contribution in [-0.4, -0.2) is 40.7 Å². The summed E-state index contributed by atoms with van der Waals surface area (Å²) in [6.07, 6.45) is 0.512. The normalized spacial score (nSPS) is 16.6. The van der Waals surface area contributed by atoms with E-state index in [9.17, 15) is 26.4 Å². The summed E-state index contributed by atoms with van der Waals surface area (Å²) in [5.41, 5.74) is -0.840. The zero-order chi connectivity index (χ0) is 21.2. The standard InChI is InChI=1S/C18H17F3N2O5S/c1-27-17-3-2-11(29(25,26)23-10-4-5-28-9-10)6-12(17)18(24)22-16-8-14(20)13(19)7-15(16)21/h2-3,6-8,10,23H,4-5,9H2,1H3,(H,22,24). The highest BCUT2D eigenvalue weighted by atomic mass is 32.2. The molecular weight excluding hydrogens is 413 g/mol. The summed E-state index contributed by atoms with van der Waals surface area (Å²) in [6.45, 7) is 0.668. The van der Waals surface area contributed by atoms with E-state index in [2.05, 4.69) is 10.0 Å². The van der Waals surface area contributed by atoms with E-state index in [1.807, 2.05) is 0 Å². The summed E-state index contributed by atoms with van der Waals surface area (Å²) in [7, 11) is -2.71. The predicted molar refractivity (Wildman–Crippen MR) is 96.8 cm³/mol. The number of hydrogen-bond donors (Lipinski definition) is 2. The van der Waals surface area contributed by atoms with Crippen LogP contribution in [0, 0.1) is 17.5 Å². The van der Waals surface area contributed by atoms with Crippen molar-refractivity contribution in [3.63, 3.8) is 0 Å². The van der Waals surface area contributed by atoms with Crippen LogP contribution in [0.3, 0.4) is 0 Å². The van der Waals surface area contributed by atoms with Gasteiger partial charge in [0.25, 0.3) is 5.91 Å². The van der Waals surface area contributed by atoms with Crippen molar-refractivity contribution in [1.82, 2.24) is 4.72 Å². The van der Waals surface area contributed by atoms with E-state index in [1.54, 1.807) is 0 Å². The van der Waals surface area contributed by atoms with E-state index < -0.39 is 45.1 Å². The maximum atomic E-state index is 13.8. The number of methoxy groups -OCH3 is 1. The Morgan fingerprint density at radius 1 is 1.14 bits per heavy atom. The van der Waals surface area contributed by atoms with E-state index in [0.29, 0.717) is 19.1 Å². The first-order chi connectivity index (χ1) is 13.7. The molecule has 156 valence electrons. The minimum atomic E-state index is -3.97. The molecule has 1 atom stereocenters. The third-order valence-electron chi connectivity index (χ3n) is 4.24. The van der Waals surface area contributed by atoms with E-state index in [4.69, 9.17) is 9.47 Å². The van der Waals surface area contributed by atoms with Gasteiger partial charge >= 0.3 is 0 Å². The molecule has 11 heteroatoms. The molecule has 1 unspecified atom stereocenters. The fraction of sp³-hybridized carbons (Fsp3) is 0.278. The first-order valence-electron chi connectivity index (χ1n) is 8.45. The van der Waals surface area contributed by atoms with Gasteiger partial charge in [0.1, 0.15) is 11.6 Å². The van der Waals surface area contributed by atoms with Crippen LogP contribution >= 0.6 is 0 Å². The van der Waals surface area contributed by atoms with Crippen molar-refractivity contribution < 1.29 is 35.9 Å². The molecule has 1 amide bonds. The van der Waals surface area contributed by atoms with E-state index in [1.165, 1.54) is 19.2 Å². The Morgan fingerprint density at radius 3 is 2.52 bits per heavy atom. The molecule has 0 aromatic heterocycles. The molecule has 3 rings (SSSR count). The number of nitrogens with one attached hydrogen (secondary N) is 2. The SMILES string of the molecule is COc1ccc(S(=O)(=O)NC2CCOC2)cc1C(=O)Nc1cc(F)c(F)cc1F. The molecule has 1 saturated heterocycles. The van der Waals surface area contributed by atoms with Gasteiger partial charge < -0.3 is 14.8 Å². The van der Waals surface area contributed by atoms with Gasteiger partial charge in [0.15, 0.2) is 11.6 Å². The Bertz CT molecular complexity index is 1040. The average Bonchev–Trinajstić information content (AvgIpc) is 3.17. The lowest BCUT2D eigenvalue weighted by molar-refractivity contribution is 0.102. The minimum Gasteiger partial charge on any atom is -0.496 e. The van der Waals surface area contributed by atoms with Crippen molar-refractivity contribution in [2.45, 2.75) is 17.4 Å². The van der Waals surface area contributed by atoms with Crippen LogP contribution in [-0.2, 0) is 14.8 Å². The summed E-state index contributed by atoms with van der Waals surface area (Å²) < 4.78 is 78.0. The maximum absolute atomic E-state index is 13.8. The van der Waals surface area contributed by atoms with Crippen LogP contribution in [0.2, 0.25) is 0 Å². The largest absolute Gasteiger partial charge is 0.496 e. The van der Waals surface area contributed by atoms with Crippen molar-refractivity contribution >= 4 is 21.6 Å². The first kappa shape index (κ1) is 21.1. The monoisotopic (exact) mass is 430 g/mol. The van der Waals surface area contributed by atoms with Crippen LogP contribution in [0.1, 0.15) is 16.8 Å². The second kappa shape index (κ2) is 8.39. The number of halogens is 3. The Kier molecular flexibility index (Phi) is 6.10. The number of amides is 1. The van der Waals surface area contributed by atoms with Crippen LogP contribution in [0.5, 0.6) is 5.75 Å². The van der Waals surface area contributed by atoms with E-state index in [-0.39, 0.29) is 28.9 Å². The van der Waals surface area contributed by atoms with Crippen molar-refractivity contribution in [2.24, 2.45) is 0 Å². The third kappa shape index (κ3) is 4.69. The fourth-order valence-corrected chi connectivity index (χ4v) is 4.04. The lowest BCUT2D eigenvalue weighted by Crippen LogP contribution is -2.35. The number of sulfonamides is 1. The molecule has 0 radical (unpaired) electrons. The Morgan fingerprint density at radius 2 is 1.86 bits per heavy atom. The van der Waals surface area contributed by atoms with E-state index >= 15 is 0 Å². The van der Waals surface area contributed by atoms with Crippen molar-refractivity contribution in [3.05, 3.63) is 53.3 Å². The first-order valence-corrected chi connectivity index (χ1v) is 9.93. The highest BCUT2D eigenvalue weighted by Gasteiger charge is 2.25. The molecule has 2 aromatic carbocycles. The highest BCUT2D eigenvalue weighted by Crippen LogP contribution is 2.25. The number of ether oxygens (including phenoxy) is 2. The fourth-order valence-electron chi connectivity index (χ4n) is 2.75. The number of anilines is 1. The predicted octanol–water partition coefficient (Wildman–Crippen LogP) is 2.43. The highest BCUT2D eigenvalue weighted by molar-refractivity contribution is 7.89.